The molecule has 2 heterocycles. The Bertz CT molecular complexity index is 1330. The van der Waals surface area contributed by atoms with Gasteiger partial charge in [-0.05, 0) is 54.6 Å². The maximum atomic E-state index is 12.9. The molecule has 0 aliphatic carbocycles. The van der Waals surface area contributed by atoms with Crippen molar-refractivity contribution < 1.29 is 17.9 Å². The second-order valence-corrected chi connectivity index (χ2v) is 8.50. The summed E-state index contributed by atoms with van der Waals surface area (Å²) in [6.07, 6.45) is 3.76. The van der Waals surface area contributed by atoms with Gasteiger partial charge in [-0.25, -0.2) is 13.4 Å². The molecule has 0 bridgehead atoms. The molecule has 0 saturated carbocycles. The third kappa shape index (κ3) is 4.36. The first-order valence-corrected chi connectivity index (χ1v) is 10.9. The molecule has 4 rings (SSSR count). The van der Waals surface area contributed by atoms with Crippen LogP contribution in [0.4, 0.5) is 11.4 Å². The highest BCUT2D eigenvalue weighted by atomic mass is 32.2. The molecule has 0 aliphatic heterocycles. The lowest BCUT2D eigenvalue weighted by Crippen LogP contribution is -2.14. The number of nitrogens with one attached hydrogen (secondary N) is 2. The number of aromatic nitrogens is 2. The Hall–Kier alpha value is -3.85. The first kappa shape index (κ1) is 20.4. The number of hydrogen-bond acceptors (Lipinski definition) is 5. The van der Waals surface area contributed by atoms with E-state index in [0.29, 0.717) is 22.8 Å². The van der Waals surface area contributed by atoms with Crippen molar-refractivity contribution in [1.29, 1.82) is 0 Å². The summed E-state index contributed by atoms with van der Waals surface area (Å²) in [6, 6.07) is 16.8. The molecule has 0 fully saturated rings. The molecule has 2 aromatic heterocycles. The fourth-order valence-electron chi connectivity index (χ4n) is 3.15. The van der Waals surface area contributed by atoms with Gasteiger partial charge in [0.15, 0.2) is 0 Å². The van der Waals surface area contributed by atoms with Crippen molar-refractivity contribution in [2.45, 2.75) is 11.8 Å². The highest BCUT2D eigenvalue weighted by Gasteiger charge is 2.18. The Morgan fingerprint density at radius 3 is 2.52 bits per heavy atom. The summed E-state index contributed by atoms with van der Waals surface area (Å²) >= 11 is 0. The van der Waals surface area contributed by atoms with E-state index in [1.807, 2.05) is 41.1 Å². The number of pyridine rings is 1. The second kappa shape index (κ2) is 8.11. The van der Waals surface area contributed by atoms with Crippen molar-refractivity contribution in [2.75, 3.05) is 17.1 Å². The van der Waals surface area contributed by atoms with Gasteiger partial charge in [0.05, 0.1) is 23.4 Å². The fourth-order valence-corrected chi connectivity index (χ4v) is 4.21. The summed E-state index contributed by atoms with van der Waals surface area (Å²) < 4.78 is 35.6. The van der Waals surface area contributed by atoms with E-state index in [4.69, 9.17) is 4.74 Å². The van der Waals surface area contributed by atoms with Crippen LogP contribution in [-0.2, 0) is 14.8 Å². The molecule has 0 unspecified atom stereocenters. The van der Waals surface area contributed by atoms with Crippen molar-refractivity contribution in [2.24, 2.45) is 0 Å². The number of methoxy groups -OCH3 is 1. The number of carbonyl (C=O) groups excluding carboxylic acids is 1. The number of fused-ring (bicyclic) bond motifs is 1. The van der Waals surface area contributed by atoms with Gasteiger partial charge in [0, 0.05) is 30.6 Å². The van der Waals surface area contributed by atoms with Crippen LogP contribution in [-0.4, -0.2) is 30.8 Å². The number of nitrogens with zero attached hydrogens (tertiary/aromatic N) is 2. The molecule has 31 heavy (non-hydrogen) atoms. The van der Waals surface area contributed by atoms with Crippen LogP contribution in [0.25, 0.3) is 16.9 Å². The van der Waals surface area contributed by atoms with Crippen LogP contribution in [0.1, 0.15) is 6.92 Å². The zero-order valence-corrected chi connectivity index (χ0v) is 17.7. The quantitative estimate of drug-likeness (QED) is 0.479. The van der Waals surface area contributed by atoms with E-state index in [-0.39, 0.29) is 10.8 Å². The van der Waals surface area contributed by atoms with Gasteiger partial charge in [-0.2, -0.15) is 0 Å². The first-order valence-electron chi connectivity index (χ1n) is 9.38. The summed E-state index contributed by atoms with van der Waals surface area (Å²) in [7, 11) is -2.41. The van der Waals surface area contributed by atoms with E-state index in [1.54, 1.807) is 12.1 Å². The maximum Gasteiger partial charge on any atom is 0.262 e. The second-order valence-electron chi connectivity index (χ2n) is 6.82. The normalized spacial score (nSPS) is 11.3. The van der Waals surface area contributed by atoms with Crippen LogP contribution >= 0.6 is 0 Å². The fraction of sp³-hybridized carbons (Fsp3) is 0.0909. The Labute approximate surface area is 179 Å². The number of hydrogen-bond donors (Lipinski definition) is 2. The van der Waals surface area contributed by atoms with E-state index in [1.165, 1.54) is 38.3 Å². The number of benzene rings is 2. The van der Waals surface area contributed by atoms with Gasteiger partial charge in [0.1, 0.15) is 11.4 Å². The number of sulfonamides is 1. The largest absolute Gasteiger partial charge is 0.495 e. The number of amides is 1. The highest BCUT2D eigenvalue weighted by molar-refractivity contribution is 7.92. The molecule has 2 aromatic carbocycles. The zero-order valence-electron chi connectivity index (χ0n) is 16.9. The predicted molar refractivity (Wildman–Crippen MR) is 119 cm³/mol. The molecule has 1 amide bonds. The van der Waals surface area contributed by atoms with E-state index in [9.17, 15) is 13.2 Å². The SMILES string of the molecule is COc1ccc(-c2cn3ccccc3n2)cc1NS(=O)(=O)c1ccc(NC(C)=O)cc1. The van der Waals surface area contributed by atoms with Crippen LogP contribution in [0.2, 0.25) is 0 Å². The first-order chi connectivity index (χ1) is 14.9. The molecule has 0 radical (unpaired) electrons. The molecule has 0 atom stereocenters. The van der Waals surface area contributed by atoms with Gasteiger partial charge in [0.25, 0.3) is 10.0 Å². The van der Waals surface area contributed by atoms with Gasteiger partial charge in [-0.1, -0.05) is 6.07 Å². The molecular weight excluding hydrogens is 416 g/mol. The van der Waals surface area contributed by atoms with Crippen LogP contribution in [0.3, 0.4) is 0 Å². The Morgan fingerprint density at radius 2 is 1.84 bits per heavy atom. The van der Waals surface area contributed by atoms with Crippen molar-refractivity contribution in [1.82, 2.24) is 9.38 Å². The van der Waals surface area contributed by atoms with E-state index in [2.05, 4.69) is 15.0 Å². The van der Waals surface area contributed by atoms with Gasteiger partial charge >= 0.3 is 0 Å². The van der Waals surface area contributed by atoms with Crippen LogP contribution in [0.15, 0.2) is 78.0 Å². The molecule has 0 aliphatic rings. The Balaban J connectivity index is 1.66. The van der Waals surface area contributed by atoms with Gasteiger partial charge in [-0.15, -0.1) is 0 Å². The van der Waals surface area contributed by atoms with Gasteiger partial charge in [-0.3, -0.25) is 9.52 Å². The molecule has 8 nitrogen and oxygen atoms in total. The summed E-state index contributed by atoms with van der Waals surface area (Å²) in [5.74, 6) is 0.146. The number of carbonyl (C=O) groups is 1. The molecule has 9 heteroatoms. The van der Waals surface area contributed by atoms with Crippen molar-refractivity contribution in [3.05, 3.63) is 73.1 Å². The number of imidazole rings is 1. The standard InChI is InChI=1S/C22H20N4O4S/c1-15(27)23-17-7-9-18(10-8-17)31(28,29)25-19-13-16(6-11-21(19)30-2)20-14-26-12-4-3-5-22(26)24-20/h3-14,25H,1-2H3,(H,23,27). The smallest absolute Gasteiger partial charge is 0.262 e. The average Bonchev–Trinajstić information content (AvgIpc) is 3.18. The number of anilines is 2. The Morgan fingerprint density at radius 1 is 1.06 bits per heavy atom. The minimum Gasteiger partial charge on any atom is -0.495 e. The molecule has 158 valence electrons. The van der Waals surface area contributed by atoms with E-state index >= 15 is 0 Å². The van der Waals surface area contributed by atoms with Crippen molar-refractivity contribution in [3.63, 3.8) is 0 Å². The molecule has 2 N–H and O–H groups in total. The minimum atomic E-state index is -3.88. The lowest BCUT2D eigenvalue weighted by molar-refractivity contribution is -0.114. The molecule has 0 saturated heterocycles. The third-order valence-electron chi connectivity index (χ3n) is 4.59. The summed E-state index contributed by atoms with van der Waals surface area (Å²) in [6.45, 7) is 1.38. The predicted octanol–water partition coefficient (Wildman–Crippen LogP) is 3.77. The summed E-state index contributed by atoms with van der Waals surface area (Å²) in [5.41, 5.74) is 3.03. The summed E-state index contributed by atoms with van der Waals surface area (Å²) in [5, 5.41) is 2.60. The van der Waals surface area contributed by atoms with Crippen molar-refractivity contribution >= 4 is 33.0 Å². The molecular formula is C22H20N4O4S. The van der Waals surface area contributed by atoms with Crippen LogP contribution in [0.5, 0.6) is 5.75 Å². The topological polar surface area (TPSA) is 102 Å². The Kier molecular flexibility index (Phi) is 5.35. The number of ether oxygens (including phenoxy) is 1. The minimum absolute atomic E-state index is 0.0572. The van der Waals surface area contributed by atoms with Gasteiger partial charge in [0.2, 0.25) is 5.91 Å². The third-order valence-corrected chi connectivity index (χ3v) is 5.97. The number of rotatable bonds is 6. The molecule has 0 spiro atoms. The highest BCUT2D eigenvalue weighted by Crippen LogP contribution is 2.32. The molecule has 4 aromatic rings. The van der Waals surface area contributed by atoms with Crippen LogP contribution in [0, 0.1) is 0 Å². The maximum absolute atomic E-state index is 12.9. The van der Waals surface area contributed by atoms with E-state index in [0.717, 1.165) is 11.2 Å². The van der Waals surface area contributed by atoms with Crippen LogP contribution < -0.4 is 14.8 Å². The monoisotopic (exact) mass is 436 g/mol. The van der Waals surface area contributed by atoms with Crippen molar-refractivity contribution in [3.8, 4) is 17.0 Å². The van der Waals surface area contributed by atoms with E-state index < -0.39 is 10.0 Å². The lowest BCUT2D eigenvalue weighted by atomic mass is 10.1. The zero-order chi connectivity index (χ0) is 22.0. The summed E-state index contributed by atoms with van der Waals surface area (Å²) in [4.78, 5) is 15.8. The lowest BCUT2D eigenvalue weighted by Gasteiger charge is -2.13. The van der Waals surface area contributed by atoms with Gasteiger partial charge < -0.3 is 14.5 Å². The average molecular weight is 436 g/mol.